The van der Waals surface area contributed by atoms with Crippen molar-refractivity contribution in [1.82, 2.24) is 20.5 Å². The molecule has 0 saturated heterocycles. The van der Waals surface area contributed by atoms with Gasteiger partial charge in [-0.25, -0.2) is 0 Å². The summed E-state index contributed by atoms with van der Waals surface area (Å²) in [5.41, 5.74) is 3.80. The summed E-state index contributed by atoms with van der Waals surface area (Å²) in [6.07, 6.45) is 3.47. The highest BCUT2D eigenvalue weighted by Gasteiger charge is 2.07. The van der Waals surface area contributed by atoms with Gasteiger partial charge in [0.25, 0.3) is 5.91 Å². The van der Waals surface area contributed by atoms with Gasteiger partial charge in [-0.3, -0.25) is 14.9 Å². The molecule has 6 heteroatoms. The van der Waals surface area contributed by atoms with Gasteiger partial charge in [0.05, 0.1) is 18.4 Å². The summed E-state index contributed by atoms with van der Waals surface area (Å²) < 4.78 is 5.57. The van der Waals surface area contributed by atoms with Crippen LogP contribution in [0.25, 0.3) is 11.1 Å². The molecule has 3 rings (SSSR count). The second kappa shape index (κ2) is 7.41. The first-order valence-electron chi connectivity index (χ1n) is 7.62. The Labute approximate surface area is 139 Å². The maximum atomic E-state index is 11.9. The lowest BCUT2D eigenvalue weighted by Gasteiger charge is -2.08. The lowest BCUT2D eigenvalue weighted by atomic mass is 10.1. The predicted octanol–water partition coefficient (Wildman–Crippen LogP) is 2.48. The molecule has 0 unspecified atom stereocenters. The van der Waals surface area contributed by atoms with Crippen LogP contribution in [0.3, 0.4) is 0 Å². The normalized spacial score (nSPS) is 10.4. The average molecular weight is 322 g/mol. The Balaban J connectivity index is 1.55. The number of carbonyl (C=O) groups excluding carboxylic acids is 1. The standard InChI is InChI=1S/C18H18N4O2/c1-13-17(11-21-22-13)14-5-4-7-16(9-14)24-12-18(23)20-10-15-6-2-3-8-19-15/h2-9,11H,10,12H2,1H3,(H,20,23)(H,21,22). The van der Waals surface area contributed by atoms with Gasteiger partial charge in [0.2, 0.25) is 0 Å². The zero-order valence-electron chi connectivity index (χ0n) is 13.3. The van der Waals surface area contributed by atoms with E-state index in [0.717, 1.165) is 22.5 Å². The Morgan fingerprint density at radius 1 is 1.25 bits per heavy atom. The molecule has 0 bridgehead atoms. The van der Waals surface area contributed by atoms with Crippen molar-refractivity contribution in [1.29, 1.82) is 0 Å². The Morgan fingerprint density at radius 3 is 2.92 bits per heavy atom. The summed E-state index contributed by atoms with van der Waals surface area (Å²) >= 11 is 0. The van der Waals surface area contributed by atoms with Crippen LogP contribution in [0.2, 0.25) is 0 Å². The largest absolute Gasteiger partial charge is 0.484 e. The molecule has 0 saturated carbocycles. The second-order valence-corrected chi connectivity index (χ2v) is 5.32. The molecule has 0 aliphatic heterocycles. The van der Waals surface area contributed by atoms with Crippen LogP contribution < -0.4 is 10.1 Å². The van der Waals surface area contributed by atoms with E-state index in [1.807, 2.05) is 49.4 Å². The highest BCUT2D eigenvalue weighted by molar-refractivity contribution is 5.77. The Morgan fingerprint density at radius 2 is 2.17 bits per heavy atom. The molecule has 2 N–H and O–H groups in total. The van der Waals surface area contributed by atoms with E-state index < -0.39 is 0 Å². The number of H-pyrrole nitrogens is 1. The molecule has 0 spiro atoms. The number of aromatic amines is 1. The van der Waals surface area contributed by atoms with E-state index in [1.54, 1.807) is 12.4 Å². The number of aromatic nitrogens is 3. The van der Waals surface area contributed by atoms with E-state index in [-0.39, 0.29) is 12.5 Å². The summed E-state index contributed by atoms with van der Waals surface area (Å²) in [6, 6.07) is 13.2. The third-order valence-corrected chi connectivity index (χ3v) is 3.54. The van der Waals surface area contributed by atoms with Crippen molar-refractivity contribution in [3.63, 3.8) is 0 Å². The minimum atomic E-state index is -0.189. The topological polar surface area (TPSA) is 79.9 Å². The van der Waals surface area contributed by atoms with Crippen LogP contribution in [0, 0.1) is 6.92 Å². The number of pyridine rings is 1. The van der Waals surface area contributed by atoms with E-state index in [1.165, 1.54) is 0 Å². The summed E-state index contributed by atoms with van der Waals surface area (Å²) in [5, 5.41) is 9.71. The number of carbonyl (C=O) groups is 1. The van der Waals surface area contributed by atoms with Crippen molar-refractivity contribution in [3.8, 4) is 16.9 Å². The molecule has 0 fully saturated rings. The smallest absolute Gasteiger partial charge is 0.258 e. The van der Waals surface area contributed by atoms with Gasteiger partial charge in [0, 0.05) is 17.5 Å². The minimum absolute atomic E-state index is 0.0410. The number of hydrogen-bond acceptors (Lipinski definition) is 4. The van der Waals surface area contributed by atoms with Crippen LogP contribution in [-0.2, 0) is 11.3 Å². The molecule has 2 aromatic heterocycles. The van der Waals surface area contributed by atoms with Gasteiger partial charge in [-0.2, -0.15) is 5.10 Å². The lowest BCUT2D eigenvalue weighted by Crippen LogP contribution is -2.28. The van der Waals surface area contributed by atoms with Gasteiger partial charge >= 0.3 is 0 Å². The molecular weight excluding hydrogens is 304 g/mol. The molecule has 24 heavy (non-hydrogen) atoms. The van der Waals surface area contributed by atoms with Crippen LogP contribution in [0.5, 0.6) is 5.75 Å². The number of benzene rings is 1. The number of amides is 1. The number of nitrogens with zero attached hydrogens (tertiary/aromatic N) is 2. The number of hydrogen-bond donors (Lipinski definition) is 2. The fourth-order valence-electron chi connectivity index (χ4n) is 2.29. The van der Waals surface area contributed by atoms with Crippen molar-refractivity contribution in [2.75, 3.05) is 6.61 Å². The van der Waals surface area contributed by atoms with Crippen molar-refractivity contribution >= 4 is 5.91 Å². The van der Waals surface area contributed by atoms with Crippen LogP contribution in [0.1, 0.15) is 11.4 Å². The number of rotatable bonds is 6. The van der Waals surface area contributed by atoms with Crippen molar-refractivity contribution < 1.29 is 9.53 Å². The fourth-order valence-corrected chi connectivity index (χ4v) is 2.29. The maximum absolute atomic E-state index is 11.9. The van der Waals surface area contributed by atoms with Gasteiger partial charge < -0.3 is 10.1 Å². The zero-order chi connectivity index (χ0) is 16.8. The van der Waals surface area contributed by atoms with Crippen LogP contribution >= 0.6 is 0 Å². The number of aryl methyl sites for hydroxylation is 1. The average Bonchev–Trinajstić information content (AvgIpc) is 3.05. The fraction of sp³-hybridized carbons (Fsp3) is 0.167. The summed E-state index contributed by atoms with van der Waals surface area (Å²) in [5.74, 6) is 0.451. The SMILES string of the molecule is Cc1[nH]ncc1-c1cccc(OCC(=O)NCc2ccccn2)c1. The third kappa shape index (κ3) is 3.98. The van der Waals surface area contributed by atoms with Crippen LogP contribution in [0.4, 0.5) is 0 Å². The highest BCUT2D eigenvalue weighted by atomic mass is 16.5. The number of ether oxygens (including phenoxy) is 1. The Hall–Kier alpha value is -3.15. The van der Waals surface area contributed by atoms with E-state index in [9.17, 15) is 4.79 Å². The first-order chi connectivity index (χ1) is 11.7. The Kier molecular flexibility index (Phi) is 4.86. The highest BCUT2D eigenvalue weighted by Crippen LogP contribution is 2.25. The quantitative estimate of drug-likeness (QED) is 0.730. The monoisotopic (exact) mass is 322 g/mol. The summed E-state index contributed by atoms with van der Waals surface area (Å²) in [7, 11) is 0. The minimum Gasteiger partial charge on any atom is -0.484 e. The number of nitrogens with one attached hydrogen (secondary N) is 2. The van der Waals surface area contributed by atoms with Crippen LogP contribution in [-0.4, -0.2) is 27.7 Å². The Bertz CT molecular complexity index is 815. The molecular formula is C18H18N4O2. The van der Waals surface area contributed by atoms with Gasteiger partial charge in [-0.15, -0.1) is 0 Å². The molecule has 0 radical (unpaired) electrons. The van der Waals surface area contributed by atoms with Gasteiger partial charge in [0.15, 0.2) is 6.61 Å². The van der Waals surface area contributed by atoms with Gasteiger partial charge in [-0.05, 0) is 36.8 Å². The summed E-state index contributed by atoms with van der Waals surface area (Å²) in [6.45, 7) is 2.30. The van der Waals surface area contributed by atoms with Gasteiger partial charge in [-0.1, -0.05) is 18.2 Å². The molecule has 1 amide bonds. The van der Waals surface area contributed by atoms with E-state index in [2.05, 4.69) is 20.5 Å². The van der Waals surface area contributed by atoms with Crippen molar-refractivity contribution in [3.05, 3.63) is 66.2 Å². The van der Waals surface area contributed by atoms with Crippen molar-refractivity contribution in [2.45, 2.75) is 13.5 Å². The molecule has 122 valence electrons. The molecule has 2 heterocycles. The predicted molar refractivity (Wildman–Crippen MR) is 90.3 cm³/mol. The van der Waals surface area contributed by atoms with E-state index in [0.29, 0.717) is 12.3 Å². The van der Waals surface area contributed by atoms with Crippen LogP contribution in [0.15, 0.2) is 54.9 Å². The first kappa shape index (κ1) is 15.7. The van der Waals surface area contributed by atoms with Gasteiger partial charge in [0.1, 0.15) is 5.75 Å². The molecule has 6 nitrogen and oxygen atoms in total. The molecule has 0 aliphatic rings. The summed E-state index contributed by atoms with van der Waals surface area (Å²) in [4.78, 5) is 16.0. The van der Waals surface area contributed by atoms with E-state index >= 15 is 0 Å². The lowest BCUT2D eigenvalue weighted by molar-refractivity contribution is -0.123. The molecule has 0 atom stereocenters. The molecule has 3 aromatic rings. The third-order valence-electron chi connectivity index (χ3n) is 3.54. The zero-order valence-corrected chi connectivity index (χ0v) is 13.3. The molecule has 1 aromatic carbocycles. The van der Waals surface area contributed by atoms with Crippen molar-refractivity contribution in [2.24, 2.45) is 0 Å². The first-order valence-corrected chi connectivity index (χ1v) is 7.62. The maximum Gasteiger partial charge on any atom is 0.258 e. The van der Waals surface area contributed by atoms with E-state index in [4.69, 9.17) is 4.74 Å². The second-order valence-electron chi connectivity index (χ2n) is 5.32. The molecule has 0 aliphatic carbocycles.